The quantitative estimate of drug-likeness (QED) is 0.739. The summed E-state index contributed by atoms with van der Waals surface area (Å²) in [5.74, 6) is 0.861. The maximum absolute atomic E-state index is 9.77. The molecule has 2 nitrogen and oxygen atoms in total. The summed E-state index contributed by atoms with van der Waals surface area (Å²) in [6.07, 6.45) is 7.57. The lowest BCUT2D eigenvalue weighted by Gasteiger charge is -2.41. The molecule has 0 aliphatic heterocycles. The Balaban J connectivity index is 2.48. The lowest BCUT2D eigenvalue weighted by Crippen LogP contribution is -2.42. The molecule has 0 saturated heterocycles. The number of unbranched alkanes of at least 4 members (excludes halogenated alkanes) is 1. The minimum atomic E-state index is 0.205. The SMILES string of the molecule is CCCCN(CC)CC1(CO)CCC(C)CC1. The van der Waals surface area contributed by atoms with Crippen LogP contribution in [0.4, 0.5) is 0 Å². The van der Waals surface area contributed by atoms with Crippen molar-refractivity contribution in [2.24, 2.45) is 11.3 Å². The Morgan fingerprint density at radius 2 is 1.88 bits per heavy atom. The van der Waals surface area contributed by atoms with Gasteiger partial charge in [0.1, 0.15) is 0 Å². The molecule has 0 spiro atoms. The summed E-state index contributed by atoms with van der Waals surface area (Å²) in [6.45, 7) is 10.6. The zero-order valence-electron chi connectivity index (χ0n) is 12.0. The Labute approximate surface area is 107 Å². The Morgan fingerprint density at radius 1 is 1.24 bits per heavy atom. The van der Waals surface area contributed by atoms with Crippen LogP contribution >= 0.6 is 0 Å². The fourth-order valence-corrected chi connectivity index (χ4v) is 2.95. The third kappa shape index (κ3) is 4.59. The van der Waals surface area contributed by atoms with E-state index in [2.05, 4.69) is 25.7 Å². The van der Waals surface area contributed by atoms with E-state index in [0.717, 1.165) is 19.0 Å². The molecule has 0 radical (unpaired) electrons. The van der Waals surface area contributed by atoms with Gasteiger partial charge in [0.25, 0.3) is 0 Å². The van der Waals surface area contributed by atoms with E-state index in [1.807, 2.05) is 0 Å². The standard InChI is InChI=1S/C15H31NO/c1-4-6-11-16(5-2)12-15(13-17)9-7-14(3)8-10-15/h14,17H,4-13H2,1-3H3. The second-order valence-electron chi connectivity index (χ2n) is 6.06. The lowest BCUT2D eigenvalue weighted by molar-refractivity contribution is 0.0304. The number of nitrogens with zero attached hydrogens (tertiary/aromatic N) is 1. The molecule has 2 heteroatoms. The Morgan fingerprint density at radius 3 is 2.35 bits per heavy atom. The van der Waals surface area contributed by atoms with Gasteiger partial charge < -0.3 is 10.0 Å². The summed E-state index contributed by atoms with van der Waals surface area (Å²) in [5.41, 5.74) is 0.205. The van der Waals surface area contributed by atoms with Gasteiger partial charge in [0.05, 0.1) is 0 Å². The highest BCUT2D eigenvalue weighted by atomic mass is 16.3. The number of aliphatic hydroxyl groups excluding tert-OH is 1. The molecule has 1 aliphatic carbocycles. The van der Waals surface area contributed by atoms with Crippen molar-refractivity contribution in [3.63, 3.8) is 0 Å². The van der Waals surface area contributed by atoms with E-state index in [4.69, 9.17) is 0 Å². The molecule has 0 amide bonds. The average molecular weight is 241 g/mol. The maximum atomic E-state index is 9.77. The van der Waals surface area contributed by atoms with E-state index in [-0.39, 0.29) is 5.41 Å². The molecule has 0 aromatic heterocycles. The van der Waals surface area contributed by atoms with Gasteiger partial charge in [-0.25, -0.2) is 0 Å². The molecule has 0 heterocycles. The van der Waals surface area contributed by atoms with Gasteiger partial charge in [-0.2, -0.15) is 0 Å². The maximum Gasteiger partial charge on any atom is 0.0499 e. The van der Waals surface area contributed by atoms with Crippen LogP contribution in [0.2, 0.25) is 0 Å². The first-order valence-corrected chi connectivity index (χ1v) is 7.49. The zero-order chi connectivity index (χ0) is 12.7. The largest absolute Gasteiger partial charge is 0.396 e. The number of hydrogen-bond acceptors (Lipinski definition) is 2. The highest BCUT2D eigenvalue weighted by Gasteiger charge is 2.34. The van der Waals surface area contributed by atoms with Crippen LogP contribution in [0.3, 0.4) is 0 Å². The molecule has 1 fully saturated rings. The second kappa shape index (κ2) is 7.38. The minimum Gasteiger partial charge on any atom is -0.396 e. The number of rotatable bonds is 7. The van der Waals surface area contributed by atoms with Gasteiger partial charge in [-0.05, 0) is 38.3 Å². The predicted octanol–water partition coefficient (Wildman–Crippen LogP) is 3.30. The summed E-state index contributed by atoms with van der Waals surface area (Å²) in [7, 11) is 0. The van der Waals surface area contributed by atoms with Crippen LogP contribution in [0.15, 0.2) is 0 Å². The van der Waals surface area contributed by atoms with Gasteiger partial charge >= 0.3 is 0 Å². The molecule has 0 aromatic carbocycles. The Bertz CT molecular complexity index is 197. The summed E-state index contributed by atoms with van der Waals surface area (Å²) < 4.78 is 0. The van der Waals surface area contributed by atoms with Crippen molar-refractivity contribution in [3.05, 3.63) is 0 Å². The van der Waals surface area contributed by atoms with Crippen molar-refractivity contribution < 1.29 is 5.11 Å². The predicted molar refractivity (Wildman–Crippen MR) is 74.2 cm³/mol. The van der Waals surface area contributed by atoms with E-state index >= 15 is 0 Å². The molecule has 0 bridgehead atoms. The van der Waals surface area contributed by atoms with Crippen molar-refractivity contribution in [1.29, 1.82) is 0 Å². The number of hydrogen-bond donors (Lipinski definition) is 1. The normalized spacial score (nSPS) is 29.8. The summed E-state index contributed by atoms with van der Waals surface area (Å²) in [6, 6.07) is 0. The summed E-state index contributed by atoms with van der Waals surface area (Å²) >= 11 is 0. The third-order valence-corrected chi connectivity index (χ3v) is 4.50. The highest BCUT2D eigenvalue weighted by molar-refractivity contribution is 4.87. The van der Waals surface area contributed by atoms with Crippen LogP contribution < -0.4 is 0 Å². The third-order valence-electron chi connectivity index (χ3n) is 4.50. The molecule has 1 N–H and O–H groups in total. The molecule has 102 valence electrons. The smallest absolute Gasteiger partial charge is 0.0499 e. The van der Waals surface area contributed by atoms with Crippen molar-refractivity contribution in [3.8, 4) is 0 Å². The first-order chi connectivity index (χ1) is 8.15. The van der Waals surface area contributed by atoms with Gasteiger partial charge in [0, 0.05) is 18.6 Å². The molecule has 0 aromatic rings. The molecule has 1 saturated carbocycles. The van der Waals surface area contributed by atoms with Gasteiger partial charge in [0.15, 0.2) is 0 Å². The summed E-state index contributed by atoms with van der Waals surface area (Å²) in [5, 5.41) is 9.77. The molecule has 1 aliphatic rings. The van der Waals surface area contributed by atoms with Gasteiger partial charge in [-0.1, -0.05) is 40.0 Å². The molecule has 1 rings (SSSR count). The average Bonchev–Trinajstić information content (AvgIpc) is 2.37. The summed E-state index contributed by atoms with van der Waals surface area (Å²) in [4.78, 5) is 2.54. The van der Waals surface area contributed by atoms with Gasteiger partial charge in [0.2, 0.25) is 0 Å². The van der Waals surface area contributed by atoms with E-state index in [0.29, 0.717) is 6.61 Å². The first-order valence-electron chi connectivity index (χ1n) is 7.49. The van der Waals surface area contributed by atoms with Crippen molar-refractivity contribution >= 4 is 0 Å². The molecular weight excluding hydrogens is 210 g/mol. The minimum absolute atomic E-state index is 0.205. The molecular formula is C15H31NO. The monoisotopic (exact) mass is 241 g/mol. The van der Waals surface area contributed by atoms with Crippen LogP contribution in [0.5, 0.6) is 0 Å². The number of aliphatic hydroxyl groups is 1. The Kier molecular flexibility index (Phi) is 6.50. The Hall–Kier alpha value is -0.0800. The van der Waals surface area contributed by atoms with E-state index in [1.54, 1.807) is 0 Å². The van der Waals surface area contributed by atoms with Crippen molar-refractivity contribution in [2.75, 3.05) is 26.2 Å². The van der Waals surface area contributed by atoms with Gasteiger partial charge in [-0.3, -0.25) is 0 Å². The van der Waals surface area contributed by atoms with E-state index in [9.17, 15) is 5.11 Å². The zero-order valence-corrected chi connectivity index (χ0v) is 12.0. The van der Waals surface area contributed by atoms with Crippen LogP contribution in [-0.2, 0) is 0 Å². The van der Waals surface area contributed by atoms with Crippen LogP contribution in [-0.4, -0.2) is 36.2 Å². The van der Waals surface area contributed by atoms with E-state index in [1.165, 1.54) is 45.1 Å². The first kappa shape index (κ1) is 15.0. The van der Waals surface area contributed by atoms with Crippen LogP contribution in [0.25, 0.3) is 0 Å². The fraction of sp³-hybridized carbons (Fsp3) is 1.00. The van der Waals surface area contributed by atoms with Crippen molar-refractivity contribution in [1.82, 2.24) is 4.90 Å². The topological polar surface area (TPSA) is 23.5 Å². The molecule has 0 atom stereocenters. The van der Waals surface area contributed by atoms with Crippen LogP contribution in [0, 0.1) is 11.3 Å². The molecule has 0 unspecified atom stereocenters. The van der Waals surface area contributed by atoms with Crippen LogP contribution in [0.1, 0.15) is 59.3 Å². The van der Waals surface area contributed by atoms with Gasteiger partial charge in [-0.15, -0.1) is 0 Å². The highest BCUT2D eigenvalue weighted by Crippen LogP contribution is 2.39. The lowest BCUT2D eigenvalue weighted by atomic mass is 9.71. The second-order valence-corrected chi connectivity index (χ2v) is 6.06. The van der Waals surface area contributed by atoms with Crippen molar-refractivity contribution in [2.45, 2.75) is 59.3 Å². The van der Waals surface area contributed by atoms with E-state index < -0.39 is 0 Å². The fourth-order valence-electron chi connectivity index (χ4n) is 2.95. The molecule has 17 heavy (non-hydrogen) atoms.